The van der Waals surface area contributed by atoms with Crippen LogP contribution >= 0.6 is 11.6 Å². The van der Waals surface area contributed by atoms with E-state index in [1.807, 2.05) is 42.5 Å². The molecular formula is C26H23ClO. The number of aliphatic hydroxyl groups excluding tert-OH is 1. The summed E-state index contributed by atoms with van der Waals surface area (Å²) in [5.74, 6) is 0. The fraction of sp³-hybridized carbons (Fsp3) is 0.154. The molecule has 1 unspecified atom stereocenters. The molecule has 0 amide bonds. The van der Waals surface area contributed by atoms with Crippen LogP contribution in [0.3, 0.4) is 0 Å². The van der Waals surface area contributed by atoms with Crippen LogP contribution in [0.25, 0.3) is 0 Å². The Morgan fingerprint density at radius 2 is 1.32 bits per heavy atom. The standard InChI is InChI=1S/C26H23ClO/c1-18(2)25-22(17-24(28)21-15-9-10-16-23(21)27)26(25,19-11-5-3-6-12-19)20-13-7-4-8-14-20/h3-17,24,28H,1-2H3/b22-17-. The van der Waals surface area contributed by atoms with E-state index in [0.717, 1.165) is 11.1 Å². The molecule has 0 aliphatic heterocycles. The fourth-order valence-corrected chi connectivity index (χ4v) is 4.51. The van der Waals surface area contributed by atoms with Gasteiger partial charge in [-0.25, -0.2) is 0 Å². The minimum atomic E-state index is -0.757. The van der Waals surface area contributed by atoms with Crippen LogP contribution in [0.4, 0.5) is 0 Å². The van der Waals surface area contributed by atoms with E-state index in [9.17, 15) is 5.11 Å². The van der Waals surface area contributed by atoms with Crippen molar-refractivity contribution in [2.45, 2.75) is 25.4 Å². The van der Waals surface area contributed by atoms with Gasteiger partial charge in [-0.3, -0.25) is 0 Å². The quantitative estimate of drug-likeness (QED) is 0.533. The molecule has 1 aliphatic carbocycles. The second-order valence-corrected chi connectivity index (χ2v) is 7.81. The van der Waals surface area contributed by atoms with E-state index in [1.165, 1.54) is 22.3 Å². The molecule has 0 aromatic heterocycles. The van der Waals surface area contributed by atoms with Gasteiger partial charge >= 0.3 is 0 Å². The summed E-state index contributed by atoms with van der Waals surface area (Å²) in [4.78, 5) is 0. The lowest BCUT2D eigenvalue weighted by atomic mass is 9.85. The van der Waals surface area contributed by atoms with Gasteiger partial charge in [0.2, 0.25) is 0 Å². The van der Waals surface area contributed by atoms with E-state index in [0.29, 0.717) is 5.02 Å². The highest BCUT2D eigenvalue weighted by molar-refractivity contribution is 6.31. The lowest BCUT2D eigenvalue weighted by Gasteiger charge is -2.17. The van der Waals surface area contributed by atoms with Crippen LogP contribution in [0.5, 0.6) is 0 Å². The molecule has 0 saturated heterocycles. The molecule has 0 heterocycles. The van der Waals surface area contributed by atoms with Gasteiger partial charge in [-0.2, -0.15) is 0 Å². The Balaban J connectivity index is 1.91. The van der Waals surface area contributed by atoms with Gasteiger partial charge in [-0.1, -0.05) is 96.0 Å². The van der Waals surface area contributed by atoms with Crippen molar-refractivity contribution in [3.8, 4) is 0 Å². The van der Waals surface area contributed by atoms with Crippen LogP contribution in [-0.2, 0) is 5.41 Å². The zero-order valence-electron chi connectivity index (χ0n) is 16.1. The van der Waals surface area contributed by atoms with Gasteiger partial charge < -0.3 is 5.11 Å². The maximum atomic E-state index is 11.0. The lowest BCUT2D eigenvalue weighted by molar-refractivity contribution is 0.228. The number of hydrogen-bond donors (Lipinski definition) is 1. The molecule has 4 rings (SSSR count). The highest BCUT2D eigenvalue weighted by Crippen LogP contribution is 2.65. The van der Waals surface area contributed by atoms with Gasteiger partial charge in [-0.15, -0.1) is 0 Å². The molecule has 2 heteroatoms. The van der Waals surface area contributed by atoms with Gasteiger partial charge in [0.1, 0.15) is 0 Å². The molecule has 3 aromatic rings. The van der Waals surface area contributed by atoms with Crippen molar-refractivity contribution < 1.29 is 5.11 Å². The Morgan fingerprint density at radius 1 is 0.821 bits per heavy atom. The maximum absolute atomic E-state index is 11.0. The zero-order chi connectivity index (χ0) is 19.7. The number of allylic oxidation sites excluding steroid dienone is 3. The average molecular weight is 387 g/mol. The van der Waals surface area contributed by atoms with Crippen LogP contribution in [0, 0.1) is 0 Å². The molecule has 0 spiro atoms. The summed E-state index contributed by atoms with van der Waals surface area (Å²) in [6, 6.07) is 28.5. The van der Waals surface area contributed by atoms with Crippen LogP contribution in [-0.4, -0.2) is 5.11 Å². The molecule has 1 atom stereocenters. The van der Waals surface area contributed by atoms with E-state index in [2.05, 4.69) is 62.4 Å². The van der Waals surface area contributed by atoms with Crippen molar-refractivity contribution in [3.63, 3.8) is 0 Å². The minimum Gasteiger partial charge on any atom is -0.384 e. The number of hydrogen-bond acceptors (Lipinski definition) is 1. The SMILES string of the molecule is CC(C)=C1/C(=C/C(O)c2ccccc2Cl)C1(c1ccccc1)c1ccccc1. The van der Waals surface area contributed by atoms with Crippen LogP contribution in [0.2, 0.25) is 5.02 Å². The van der Waals surface area contributed by atoms with E-state index in [1.54, 1.807) is 0 Å². The first-order chi connectivity index (χ1) is 13.6. The van der Waals surface area contributed by atoms with Gasteiger partial charge in [0.05, 0.1) is 11.5 Å². The molecule has 1 aliphatic rings. The summed E-state index contributed by atoms with van der Waals surface area (Å²) in [5.41, 5.74) is 6.53. The van der Waals surface area contributed by atoms with Crippen molar-refractivity contribution in [3.05, 3.63) is 129 Å². The molecule has 0 bridgehead atoms. The molecule has 1 nitrogen and oxygen atoms in total. The summed E-state index contributed by atoms with van der Waals surface area (Å²) in [7, 11) is 0. The Morgan fingerprint density at radius 3 is 1.82 bits per heavy atom. The smallest absolute Gasteiger partial charge is 0.0992 e. The van der Waals surface area contributed by atoms with Gasteiger partial charge in [0, 0.05) is 10.6 Å². The Labute approximate surface area is 171 Å². The molecule has 0 radical (unpaired) electrons. The largest absolute Gasteiger partial charge is 0.384 e. The number of benzene rings is 3. The Kier molecular flexibility index (Phi) is 4.97. The summed E-state index contributed by atoms with van der Waals surface area (Å²) in [6.45, 7) is 4.28. The summed E-state index contributed by atoms with van der Waals surface area (Å²) in [6.07, 6.45) is 1.20. The first-order valence-corrected chi connectivity index (χ1v) is 9.88. The molecule has 140 valence electrons. The molecule has 3 aromatic carbocycles. The van der Waals surface area contributed by atoms with Gasteiger partial charge in [-0.05, 0) is 48.3 Å². The maximum Gasteiger partial charge on any atom is 0.0992 e. The monoisotopic (exact) mass is 386 g/mol. The van der Waals surface area contributed by atoms with E-state index in [4.69, 9.17) is 11.6 Å². The summed E-state index contributed by atoms with van der Waals surface area (Å²) in [5, 5.41) is 11.5. The Bertz CT molecular complexity index is 1000. The number of halogens is 1. The molecule has 28 heavy (non-hydrogen) atoms. The minimum absolute atomic E-state index is 0.316. The van der Waals surface area contributed by atoms with Gasteiger partial charge in [0.25, 0.3) is 0 Å². The van der Waals surface area contributed by atoms with Crippen molar-refractivity contribution in [2.75, 3.05) is 0 Å². The van der Waals surface area contributed by atoms with Crippen LogP contribution in [0.1, 0.15) is 36.6 Å². The highest BCUT2D eigenvalue weighted by atomic mass is 35.5. The topological polar surface area (TPSA) is 20.2 Å². The van der Waals surface area contributed by atoms with Crippen molar-refractivity contribution in [1.29, 1.82) is 0 Å². The number of aliphatic hydroxyl groups is 1. The van der Waals surface area contributed by atoms with Crippen molar-refractivity contribution in [1.82, 2.24) is 0 Å². The first kappa shape index (κ1) is 18.7. The summed E-state index contributed by atoms with van der Waals surface area (Å²) < 4.78 is 0. The van der Waals surface area contributed by atoms with Gasteiger partial charge in [0.15, 0.2) is 0 Å². The highest BCUT2D eigenvalue weighted by Gasteiger charge is 2.57. The zero-order valence-corrected chi connectivity index (χ0v) is 16.8. The molecule has 1 saturated carbocycles. The average Bonchev–Trinajstić information content (AvgIpc) is 3.39. The lowest BCUT2D eigenvalue weighted by Crippen LogP contribution is -2.10. The van der Waals surface area contributed by atoms with Crippen molar-refractivity contribution in [2.24, 2.45) is 0 Å². The van der Waals surface area contributed by atoms with Crippen molar-refractivity contribution >= 4 is 11.6 Å². The second-order valence-electron chi connectivity index (χ2n) is 7.40. The Hall–Kier alpha value is -2.61. The predicted molar refractivity (Wildman–Crippen MR) is 117 cm³/mol. The fourth-order valence-electron chi connectivity index (χ4n) is 4.26. The molecule has 1 N–H and O–H groups in total. The third-order valence-electron chi connectivity index (χ3n) is 5.45. The molecular weight excluding hydrogens is 364 g/mol. The van der Waals surface area contributed by atoms with E-state index >= 15 is 0 Å². The van der Waals surface area contributed by atoms with E-state index in [-0.39, 0.29) is 5.41 Å². The first-order valence-electron chi connectivity index (χ1n) is 9.51. The number of rotatable bonds is 4. The normalized spacial score (nSPS) is 17.4. The third kappa shape index (κ3) is 3.01. The predicted octanol–water partition coefficient (Wildman–Crippen LogP) is 6.64. The summed E-state index contributed by atoms with van der Waals surface area (Å²) >= 11 is 6.33. The second kappa shape index (κ2) is 7.43. The molecule has 1 fully saturated rings. The van der Waals surface area contributed by atoms with Crippen LogP contribution in [0.15, 0.2) is 108 Å². The third-order valence-corrected chi connectivity index (χ3v) is 5.79. The van der Waals surface area contributed by atoms with E-state index < -0.39 is 6.10 Å². The van der Waals surface area contributed by atoms with Crippen LogP contribution < -0.4 is 0 Å².